The van der Waals surface area contributed by atoms with Crippen LogP contribution in [0.3, 0.4) is 0 Å². The fourth-order valence-electron chi connectivity index (χ4n) is 0.835. The molecular formula is C10H10OSi. The zero-order valence-electron chi connectivity index (χ0n) is 7.22. The molecule has 0 atom stereocenters. The van der Waals surface area contributed by atoms with Gasteiger partial charge < -0.3 is 4.74 Å². The first-order valence-corrected chi connectivity index (χ1v) is 5.18. The summed E-state index contributed by atoms with van der Waals surface area (Å²) in [5.41, 5.74) is 4.06. The zero-order chi connectivity index (χ0) is 8.81. The molecular weight excluding hydrogens is 170 g/mol. The lowest BCUT2D eigenvalue weighted by Gasteiger charge is -1.97. The summed E-state index contributed by atoms with van der Waals surface area (Å²) >= 11 is 0. The van der Waals surface area contributed by atoms with Crippen LogP contribution >= 0.6 is 0 Å². The van der Waals surface area contributed by atoms with E-state index in [9.17, 15) is 0 Å². The summed E-state index contributed by atoms with van der Waals surface area (Å²) in [6.07, 6.45) is 0. The van der Waals surface area contributed by atoms with Gasteiger partial charge in [-0.1, -0.05) is 18.5 Å². The van der Waals surface area contributed by atoms with Crippen LogP contribution in [0.2, 0.25) is 6.55 Å². The molecule has 0 unspecified atom stereocenters. The molecule has 1 rings (SSSR count). The summed E-state index contributed by atoms with van der Waals surface area (Å²) in [4.78, 5) is 0. The van der Waals surface area contributed by atoms with Gasteiger partial charge in [0.15, 0.2) is 0 Å². The van der Waals surface area contributed by atoms with Gasteiger partial charge in [-0.15, -0.1) is 5.54 Å². The Balaban J connectivity index is 2.86. The van der Waals surface area contributed by atoms with Crippen molar-refractivity contribution >= 4 is 9.52 Å². The second-order valence-electron chi connectivity index (χ2n) is 2.23. The Morgan fingerprint density at radius 2 is 2.25 bits per heavy atom. The average molecular weight is 180 g/mol. The van der Waals surface area contributed by atoms with E-state index in [1.54, 1.807) is 7.11 Å². The van der Waals surface area contributed by atoms with Gasteiger partial charge in [-0.25, -0.2) is 0 Å². The monoisotopic (exact) mass is 180 g/mol. The van der Waals surface area contributed by atoms with Crippen LogP contribution in [-0.2, 0) is 0 Å². The molecule has 12 heavy (non-hydrogen) atoms. The lowest BCUT2D eigenvalue weighted by atomic mass is 10.9. The van der Waals surface area contributed by atoms with Crippen LogP contribution in [-0.4, -0.2) is 16.6 Å². The molecule has 0 aliphatic carbocycles. The molecule has 2 radical (unpaired) electrons. The van der Waals surface area contributed by atoms with Crippen molar-refractivity contribution in [1.29, 1.82) is 0 Å². The van der Waals surface area contributed by atoms with E-state index in [-0.39, 0.29) is 0 Å². The quantitative estimate of drug-likeness (QED) is 0.472. The van der Waals surface area contributed by atoms with Gasteiger partial charge in [-0.3, -0.25) is 0 Å². The van der Waals surface area contributed by atoms with Gasteiger partial charge in [0, 0.05) is 5.56 Å². The first-order valence-electron chi connectivity index (χ1n) is 3.68. The van der Waals surface area contributed by atoms with Crippen LogP contribution in [0.25, 0.3) is 0 Å². The molecule has 2 heteroatoms. The minimum Gasteiger partial charge on any atom is -0.497 e. The Bertz CT molecular complexity index is 309. The molecule has 0 fully saturated rings. The molecule has 1 nitrogen and oxygen atoms in total. The fraction of sp³-hybridized carbons (Fsp3) is 0.200. The summed E-state index contributed by atoms with van der Waals surface area (Å²) < 4.78 is 5.07. The predicted molar refractivity (Wildman–Crippen MR) is 51.5 cm³/mol. The molecule has 0 amide bonds. The molecule has 0 bridgehead atoms. The highest BCUT2D eigenvalue weighted by molar-refractivity contribution is 6.44. The van der Waals surface area contributed by atoms with Crippen LogP contribution in [0.1, 0.15) is 5.56 Å². The molecule has 0 heterocycles. The summed E-state index contributed by atoms with van der Waals surface area (Å²) in [5, 5.41) is 0. The smallest absolute Gasteiger partial charge is 0.144 e. The zero-order valence-corrected chi connectivity index (χ0v) is 8.22. The Morgan fingerprint density at radius 3 is 2.92 bits per heavy atom. The Morgan fingerprint density at radius 1 is 1.42 bits per heavy atom. The number of rotatable bonds is 1. The van der Waals surface area contributed by atoms with Crippen molar-refractivity contribution in [3.05, 3.63) is 29.8 Å². The van der Waals surface area contributed by atoms with Gasteiger partial charge in [-0.05, 0) is 18.2 Å². The largest absolute Gasteiger partial charge is 0.497 e. The SMILES string of the molecule is CO[13c]1[13cH][13cH][13cH][13c](C#C[Si]C)[13cH]1. The van der Waals surface area contributed by atoms with Crippen molar-refractivity contribution < 1.29 is 4.74 Å². The van der Waals surface area contributed by atoms with E-state index in [4.69, 9.17) is 4.74 Å². The molecule has 0 aliphatic rings. The van der Waals surface area contributed by atoms with Crippen LogP contribution < -0.4 is 4.74 Å². The lowest BCUT2D eigenvalue weighted by Crippen LogP contribution is -1.83. The normalized spacial score (nSPS) is 8.50. The average Bonchev–Trinajstić information content (AvgIpc) is 2.15. The van der Waals surface area contributed by atoms with Gasteiger partial charge in [0.25, 0.3) is 0 Å². The van der Waals surface area contributed by atoms with Crippen molar-refractivity contribution in [3.8, 4) is 17.2 Å². The van der Waals surface area contributed by atoms with Gasteiger partial charge in [0.1, 0.15) is 15.3 Å². The van der Waals surface area contributed by atoms with Gasteiger partial charge in [-0.2, -0.15) is 0 Å². The summed E-state index contributed by atoms with van der Waals surface area (Å²) in [5.74, 6) is 3.91. The summed E-state index contributed by atoms with van der Waals surface area (Å²) in [6.45, 7) is 2.06. The first-order chi connectivity index (χ1) is 5.86. The van der Waals surface area contributed by atoms with E-state index < -0.39 is 0 Å². The molecule has 1 aromatic rings. The second-order valence-corrected chi connectivity index (χ2v) is 2.98. The van der Waals surface area contributed by atoms with E-state index in [2.05, 4.69) is 18.0 Å². The number of ether oxygens (including phenoxy) is 1. The highest BCUT2D eigenvalue weighted by Crippen LogP contribution is 2.10. The standard InChI is InChI=1S/C10H10OSi/c1-11-10-5-3-4-9(8-10)6-7-12-2/h3-5,8H,1-2H3/i3+1,4+1,5+1,8+1,9+1,10+1. The third-order valence-electron chi connectivity index (χ3n) is 1.40. The maximum atomic E-state index is 5.07. The molecule has 1 aromatic carbocycles. The van der Waals surface area contributed by atoms with Crippen molar-refractivity contribution in [2.24, 2.45) is 0 Å². The minimum atomic E-state index is 0.679. The third-order valence-corrected chi connectivity index (χ3v) is 1.78. The highest BCUT2D eigenvalue weighted by atomic mass is 28.2. The summed E-state index contributed by atoms with van der Waals surface area (Å²) in [6, 6.07) is 7.78. The third kappa shape index (κ3) is 2.44. The van der Waals surface area contributed by atoms with E-state index in [1.807, 2.05) is 24.3 Å². The Hall–Kier alpha value is -1.20. The molecule has 0 saturated heterocycles. The second kappa shape index (κ2) is 4.63. The van der Waals surface area contributed by atoms with Crippen molar-refractivity contribution in [2.75, 3.05) is 7.11 Å². The first kappa shape index (κ1) is 8.89. The Labute approximate surface area is 75.6 Å². The van der Waals surface area contributed by atoms with E-state index >= 15 is 0 Å². The van der Waals surface area contributed by atoms with Crippen LogP contribution in [0.4, 0.5) is 0 Å². The maximum absolute atomic E-state index is 5.07. The Kier molecular flexibility index (Phi) is 3.43. The highest BCUT2D eigenvalue weighted by Gasteiger charge is 1.89. The molecule has 0 N–H and O–H groups in total. The van der Waals surface area contributed by atoms with E-state index in [0.29, 0.717) is 9.52 Å². The molecule has 0 spiro atoms. The minimum absolute atomic E-state index is 0.679. The number of hydrogen-bond donors (Lipinski definition) is 0. The molecule has 0 aliphatic heterocycles. The van der Waals surface area contributed by atoms with Crippen molar-refractivity contribution in [3.63, 3.8) is 0 Å². The van der Waals surface area contributed by atoms with Crippen LogP contribution in [0, 0.1) is 11.5 Å². The number of methoxy groups -OCH3 is 1. The molecule has 0 aromatic heterocycles. The van der Waals surface area contributed by atoms with Crippen molar-refractivity contribution in [2.45, 2.75) is 6.55 Å². The van der Waals surface area contributed by atoms with E-state index in [1.165, 1.54) is 0 Å². The molecule has 0 saturated carbocycles. The topological polar surface area (TPSA) is 9.23 Å². The van der Waals surface area contributed by atoms with Gasteiger partial charge in [0.05, 0.1) is 7.11 Å². The van der Waals surface area contributed by atoms with Crippen molar-refractivity contribution in [1.82, 2.24) is 0 Å². The van der Waals surface area contributed by atoms with E-state index in [0.717, 1.165) is 11.3 Å². The maximum Gasteiger partial charge on any atom is 0.144 e. The predicted octanol–water partition coefficient (Wildman–Crippen LogP) is 1.76. The fourth-order valence-corrected chi connectivity index (χ4v) is 1.10. The molecule has 60 valence electrons. The number of hydrogen-bond acceptors (Lipinski definition) is 1. The summed E-state index contributed by atoms with van der Waals surface area (Å²) in [7, 11) is 2.34. The van der Waals surface area contributed by atoms with Crippen LogP contribution in [0.15, 0.2) is 24.3 Å². The van der Waals surface area contributed by atoms with Crippen LogP contribution in [0.5, 0.6) is 5.75 Å². The van der Waals surface area contributed by atoms with Gasteiger partial charge >= 0.3 is 0 Å². The van der Waals surface area contributed by atoms with Gasteiger partial charge in [0.2, 0.25) is 0 Å². The lowest BCUT2D eigenvalue weighted by molar-refractivity contribution is 0.414. The number of benzene rings is 1.